The van der Waals surface area contributed by atoms with Crippen molar-refractivity contribution in [1.82, 2.24) is 5.32 Å². The van der Waals surface area contributed by atoms with Gasteiger partial charge in [-0.25, -0.2) is 14.5 Å². The molecule has 2 aromatic carbocycles. The lowest BCUT2D eigenvalue weighted by Crippen LogP contribution is -2.54. The molecule has 0 aromatic heterocycles. The zero-order valence-electron chi connectivity index (χ0n) is 16.3. The quantitative estimate of drug-likeness (QED) is 0.497. The Labute approximate surface area is 181 Å². The molecule has 1 heterocycles. The highest BCUT2D eigenvalue weighted by Crippen LogP contribution is 2.28. The molecule has 0 bridgehead atoms. The van der Waals surface area contributed by atoms with Gasteiger partial charge in [-0.05, 0) is 42.8 Å². The second kappa shape index (κ2) is 9.31. The molecule has 0 saturated carbocycles. The third-order valence-corrected chi connectivity index (χ3v) is 4.40. The molecule has 2 N–H and O–H groups in total. The van der Waals surface area contributed by atoms with Crippen molar-refractivity contribution in [1.29, 1.82) is 0 Å². The summed E-state index contributed by atoms with van der Waals surface area (Å²) in [6.07, 6.45) is 1.27. The first kappa shape index (κ1) is 21.8. The number of ether oxygens (including phenoxy) is 2. The third-order valence-electron chi connectivity index (χ3n) is 4.11. The van der Waals surface area contributed by atoms with Crippen molar-refractivity contribution in [2.45, 2.75) is 6.92 Å². The van der Waals surface area contributed by atoms with Gasteiger partial charge in [0, 0.05) is 6.07 Å². The van der Waals surface area contributed by atoms with Gasteiger partial charge in [-0.1, -0.05) is 23.7 Å². The van der Waals surface area contributed by atoms with E-state index in [4.69, 9.17) is 26.2 Å². The van der Waals surface area contributed by atoms with E-state index in [2.05, 4.69) is 5.32 Å². The van der Waals surface area contributed by atoms with Crippen molar-refractivity contribution < 1.29 is 33.8 Å². The summed E-state index contributed by atoms with van der Waals surface area (Å²) in [5, 5.41) is 10.9. The fourth-order valence-corrected chi connectivity index (χ4v) is 3.04. The van der Waals surface area contributed by atoms with Gasteiger partial charge in [0.1, 0.15) is 17.1 Å². The summed E-state index contributed by atoms with van der Waals surface area (Å²) >= 11 is 6.09. The van der Waals surface area contributed by atoms with Crippen molar-refractivity contribution in [2.75, 3.05) is 18.1 Å². The highest BCUT2D eigenvalue weighted by molar-refractivity contribution is 6.39. The molecule has 160 valence electrons. The Hall–Kier alpha value is -3.85. The van der Waals surface area contributed by atoms with Crippen molar-refractivity contribution >= 4 is 47.2 Å². The zero-order chi connectivity index (χ0) is 22.5. The summed E-state index contributed by atoms with van der Waals surface area (Å²) in [5.41, 5.74) is 0.336. The van der Waals surface area contributed by atoms with E-state index < -0.39 is 30.4 Å². The SMILES string of the molecule is CCOc1cccc(N2C(=O)NC(=O)/C(=C\c3ccc(OCC(=O)O)c(Cl)c3)C2=O)c1. The summed E-state index contributed by atoms with van der Waals surface area (Å²) in [4.78, 5) is 49.0. The lowest BCUT2D eigenvalue weighted by Gasteiger charge is -2.26. The highest BCUT2D eigenvalue weighted by atomic mass is 35.5. The number of aliphatic carboxylic acids is 1. The molecule has 9 nitrogen and oxygen atoms in total. The topological polar surface area (TPSA) is 122 Å². The standard InChI is InChI=1S/C21H17ClN2O7/c1-2-30-14-5-3-4-13(10-14)24-20(28)15(19(27)23-21(24)29)8-12-6-7-17(16(22)9-12)31-11-18(25)26/h3-10H,2,11H2,1H3,(H,25,26)(H,23,27,29)/b15-8+. The van der Waals surface area contributed by atoms with Gasteiger partial charge in [0.25, 0.3) is 11.8 Å². The van der Waals surface area contributed by atoms with E-state index in [0.29, 0.717) is 17.9 Å². The number of hydrogen-bond donors (Lipinski definition) is 2. The van der Waals surface area contributed by atoms with Gasteiger partial charge in [0.05, 0.1) is 17.3 Å². The molecule has 0 atom stereocenters. The maximum absolute atomic E-state index is 13.0. The molecule has 10 heteroatoms. The molecule has 4 amide bonds. The minimum Gasteiger partial charge on any atom is -0.494 e. The van der Waals surface area contributed by atoms with Crippen LogP contribution in [0.1, 0.15) is 12.5 Å². The number of anilines is 1. The molecule has 1 aliphatic rings. The predicted molar refractivity (Wildman–Crippen MR) is 111 cm³/mol. The third kappa shape index (κ3) is 5.01. The largest absolute Gasteiger partial charge is 0.494 e. The van der Waals surface area contributed by atoms with Crippen molar-refractivity contribution in [3.63, 3.8) is 0 Å². The monoisotopic (exact) mass is 444 g/mol. The van der Waals surface area contributed by atoms with Gasteiger partial charge in [-0.15, -0.1) is 0 Å². The van der Waals surface area contributed by atoms with Crippen molar-refractivity contribution in [3.05, 3.63) is 58.6 Å². The zero-order valence-corrected chi connectivity index (χ0v) is 17.0. The van der Waals surface area contributed by atoms with Crippen LogP contribution in [0.25, 0.3) is 6.08 Å². The minimum atomic E-state index is -1.16. The number of hydrogen-bond acceptors (Lipinski definition) is 6. The number of rotatable bonds is 7. The van der Waals surface area contributed by atoms with Gasteiger partial charge in [0.15, 0.2) is 6.61 Å². The summed E-state index contributed by atoms with van der Waals surface area (Å²) < 4.78 is 10.4. The number of nitrogens with zero attached hydrogens (tertiary/aromatic N) is 1. The number of barbiturate groups is 1. The molecule has 1 aliphatic heterocycles. The number of carbonyl (C=O) groups excluding carboxylic acids is 3. The smallest absolute Gasteiger partial charge is 0.341 e. The number of amides is 4. The summed E-state index contributed by atoms with van der Waals surface area (Å²) in [5.74, 6) is -2.23. The second-order valence-corrected chi connectivity index (χ2v) is 6.67. The Balaban J connectivity index is 1.91. The molecular formula is C21H17ClN2O7. The van der Waals surface area contributed by atoms with Crippen LogP contribution in [0.2, 0.25) is 5.02 Å². The van der Waals surface area contributed by atoms with Crippen LogP contribution < -0.4 is 19.7 Å². The van der Waals surface area contributed by atoms with Gasteiger partial charge in [-0.3, -0.25) is 14.9 Å². The summed E-state index contributed by atoms with van der Waals surface area (Å²) in [7, 11) is 0. The first-order chi connectivity index (χ1) is 14.8. The van der Waals surface area contributed by atoms with E-state index in [1.54, 1.807) is 25.1 Å². The van der Waals surface area contributed by atoms with E-state index in [1.165, 1.54) is 30.3 Å². The Morgan fingerprint density at radius 2 is 1.94 bits per heavy atom. The number of halogens is 1. The molecule has 0 unspecified atom stereocenters. The van der Waals surface area contributed by atoms with Crippen LogP contribution in [0.4, 0.5) is 10.5 Å². The van der Waals surface area contributed by atoms with Crippen LogP contribution in [-0.4, -0.2) is 42.1 Å². The molecule has 0 spiro atoms. The van der Waals surface area contributed by atoms with Crippen LogP contribution in [0.3, 0.4) is 0 Å². The number of nitrogens with one attached hydrogen (secondary N) is 1. The number of carboxylic acid groups (broad SMARTS) is 1. The molecule has 1 saturated heterocycles. The van der Waals surface area contributed by atoms with E-state index in [9.17, 15) is 19.2 Å². The molecule has 1 fully saturated rings. The van der Waals surface area contributed by atoms with Gasteiger partial charge >= 0.3 is 12.0 Å². The van der Waals surface area contributed by atoms with Gasteiger partial charge in [-0.2, -0.15) is 0 Å². The van der Waals surface area contributed by atoms with Crippen LogP contribution in [0.5, 0.6) is 11.5 Å². The van der Waals surface area contributed by atoms with E-state index in [0.717, 1.165) is 4.90 Å². The molecule has 2 aromatic rings. The fraction of sp³-hybridized carbons (Fsp3) is 0.143. The maximum atomic E-state index is 13.0. The van der Waals surface area contributed by atoms with Crippen LogP contribution in [0.15, 0.2) is 48.0 Å². The minimum absolute atomic E-state index is 0.0941. The first-order valence-electron chi connectivity index (χ1n) is 9.08. The summed E-state index contributed by atoms with van der Waals surface area (Å²) in [6, 6.07) is 9.79. The van der Waals surface area contributed by atoms with Crippen LogP contribution >= 0.6 is 11.6 Å². The predicted octanol–water partition coefficient (Wildman–Crippen LogP) is 2.87. The molecule has 3 rings (SSSR count). The molecule has 31 heavy (non-hydrogen) atoms. The van der Waals surface area contributed by atoms with Gasteiger partial charge < -0.3 is 14.6 Å². The Bertz CT molecular complexity index is 1100. The van der Waals surface area contributed by atoms with Crippen molar-refractivity contribution in [3.8, 4) is 11.5 Å². The van der Waals surface area contributed by atoms with Crippen molar-refractivity contribution in [2.24, 2.45) is 0 Å². The number of carbonyl (C=O) groups is 4. The Morgan fingerprint density at radius 3 is 2.61 bits per heavy atom. The average Bonchev–Trinajstić information content (AvgIpc) is 2.71. The van der Waals surface area contributed by atoms with E-state index in [1.807, 2.05) is 0 Å². The lowest BCUT2D eigenvalue weighted by molar-refractivity contribution is -0.139. The van der Waals surface area contributed by atoms with Crippen LogP contribution in [-0.2, 0) is 14.4 Å². The van der Waals surface area contributed by atoms with Crippen LogP contribution in [0, 0.1) is 0 Å². The number of imide groups is 2. The maximum Gasteiger partial charge on any atom is 0.341 e. The number of urea groups is 1. The second-order valence-electron chi connectivity index (χ2n) is 6.26. The molecular weight excluding hydrogens is 428 g/mol. The number of carboxylic acids is 1. The highest BCUT2D eigenvalue weighted by Gasteiger charge is 2.37. The van der Waals surface area contributed by atoms with E-state index in [-0.39, 0.29) is 22.0 Å². The van der Waals surface area contributed by atoms with Gasteiger partial charge in [0.2, 0.25) is 0 Å². The van der Waals surface area contributed by atoms with E-state index >= 15 is 0 Å². The molecule has 0 radical (unpaired) electrons. The Morgan fingerprint density at radius 1 is 1.16 bits per heavy atom. The fourth-order valence-electron chi connectivity index (χ4n) is 2.80. The lowest BCUT2D eigenvalue weighted by atomic mass is 10.1. The average molecular weight is 445 g/mol. The normalized spacial score (nSPS) is 15.1. The molecule has 0 aliphatic carbocycles. The summed E-state index contributed by atoms with van der Waals surface area (Å²) in [6.45, 7) is 1.63. The Kier molecular flexibility index (Phi) is 6.56. The first-order valence-corrected chi connectivity index (χ1v) is 9.46. The number of benzene rings is 2.